The number of fused-ring (bicyclic) bond motifs is 1. The number of rotatable bonds is 5. The first-order valence-corrected chi connectivity index (χ1v) is 11.3. The summed E-state index contributed by atoms with van der Waals surface area (Å²) in [5, 5.41) is 3.37. The van der Waals surface area contributed by atoms with Crippen LogP contribution in [0.25, 0.3) is 20.8 Å². The molecule has 0 N–H and O–H groups in total. The first-order valence-electron chi connectivity index (χ1n) is 9.58. The highest BCUT2D eigenvalue weighted by atomic mass is 32.1. The summed E-state index contributed by atoms with van der Waals surface area (Å²) >= 11 is 3.01. The first-order chi connectivity index (χ1) is 14.3. The van der Waals surface area contributed by atoms with Crippen LogP contribution in [0.15, 0.2) is 60.0 Å². The van der Waals surface area contributed by atoms with Crippen molar-refractivity contribution in [2.75, 3.05) is 18.1 Å². The van der Waals surface area contributed by atoms with Gasteiger partial charge in [-0.1, -0.05) is 53.8 Å². The van der Waals surface area contributed by atoms with Gasteiger partial charge in [0.15, 0.2) is 5.13 Å². The predicted octanol–water partition coefficient (Wildman–Crippen LogP) is 5.25. The molecule has 1 amide bonds. The summed E-state index contributed by atoms with van der Waals surface area (Å²) in [7, 11) is 0. The molecule has 1 atom stereocenters. The summed E-state index contributed by atoms with van der Waals surface area (Å²) in [5.74, 6) is -0.127. The maximum atomic E-state index is 13.4. The molecule has 2 aromatic heterocycles. The number of aromatic nitrogens is 2. The van der Waals surface area contributed by atoms with Gasteiger partial charge in [0, 0.05) is 17.6 Å². The van der Waals surface area contributed by atoms with Crippen molar-refractivity contribution in [3.63, 3.8) is 0 Å². The first kappa shape index (κ1) is 18.4. The number of benzene rings is 2. The normalized spacial score (nSPS) is 16.3. The number of carbonyl (C=O) groups excluding carboxylic acids is 1. The van der Waals surface area contributed by atoms with Gasteiger partial charge >= 0.3 is 0 Å². The van der Waals surface area contributed by atoms with Crippen molar-refractivity contribution in [3.8, 4) is 10.6 Å². The maximum absolute atomic E-state index is 13.4. The molecule has 3 heterocycles. The standard InChI is InChI=1S/C22H19N3O2S2/c26-21(18-14-28-20(23-18)15-7-2-1-3-8-15)25(13-16-9-6-12-27-16)22-24-17-10-4-5-11-19(17)29-22/h1-5,7-8,10-11,14,16H,6,9,12-13H2. The van der Waals surface area contributed by atoms with Gasteiger partial charge in [-0.2, -0.15) is 0 Å². The fourth-order valence-electron chi connectivity index (χ4n) is 3.44. The number of anilines is 1. The zero-order valence-corrected chi connectivity index (χ0v) is 17.3. The zero-order chi connectivity index (χ0) is 19.6. The number of thiazole rings is 2. The number of hydrogen-bond donors (Lipinski definition) is 0. The summed E-state index contributed by atoms with van der Waals surface area (Å²) in [5.41, 5.74) is 2.37. The molecule has 5 nitrogen and oxygen atoms in total. The molecule has 7 heteroatoms. The van der Waals surface area contributed by atoms with Crippen LogP contribution in [0.5, 0.6) is 0 Å². The van der Waals surface area contributed by atoms with Crippen LogP contribution < -0.4 is 4.90 Å². The van der Waals surface area contributed by atoms with E-state index in [0.29, 0.717) is 17.4 Å². The number of ether oxygens (including phenoxy) is 1. The Morgan fingerprint density at radius 2 is 1.93 bits per heavy atom. The quantitative estimate of drug-likeness (QED) is 0.442. The van der Waals surface area contributed by atoms with E-state index in [9.17, 15) is 4.79 Å². The van der Waals surface area contributed by atoms with Crippen LogP contribution in [0, 0.1) is 0 Å². The third-order valence-corrected chi connectivity index (χ3v) is 6.86. The molecule has 2 aromatic carbocycles. The minimum absolute atomic E-state index is 0.0400. The van der Waals surface area contributed by atoms with E-state index in [-0.39, 0.29) is 12.0 Å². The molecule has 1 unspecified atom stereocenters. The Hall–Kier alpha value is -2.61. The Morgan fingerprint density at radius 3 is 2.72 bits per heavy atom. The fraction of sp³-hybridized carbons (Fsp3) is 0.227. The molecule has 0 radical (unpaired) electrons. The lowest BCUT2D eigenvalue weighted by molar-refractivity contribution is 0.0914. The zero-order valence-electron chi connectivity index (χ0n) is 15.7. The van der Waals surface area contributed by atoms with E-state index in [0.717, 1.165) is 40.2 Å². The molecule has 0 saturated carbocycles. The molecule has 1 aliphatic heterocycles. The second-order valence-corrected chi connectivity index (χ2v) is 8.79. The van der Waals surface area contributed by atoms with Crippen LogP contribution in [0.1, 0.15) is 23.3 Å². The predicted molar refractivity (Wildman–Crippen MR) is 118 cm³/mol. The number of nitrogens with zero attached hydrogens (tertiary/aromatic N) is 3. The molecule has 1 fully saturated rings. The molecule has 0 aliphatic carbocycles. The second-order valence-electron chi connectivity index (χ2n) is 6.92. The number of para-hydroxylation sites is 1. The van der Waals surface area contributed by atoms with Crippen molar-refractivity contribution in [1.29, 1.82) is 0 Å². The Balaban J connectivity index is 1.48. The van der Waals surface area contributed by atoms with Crippen LogP contribution >= 0.6 is 22.7 Å². The smallest absolute Gasteiger partial charge is 0.279 e. The van der Waals surface area contributed by atoms with Crippen LogP contribution in [0.4, 0.5) is 5.13 Å². The van der Waals surface area contributed by atoms with Crippen molar-refractivity contribution >= 4 is 43.9 Å². The van der Waals surface area contributed by atoms with E-state index in [1.54, 1.807) is 4.90 Å². The Labute approximate surface area is 176 Å². The van der Waals surface area contributed by atoms with E-state index in [4.69, 9.17) is 9.72 Å². The van der Waals surface area contributed by atoms with E-state index in [1.807, 2.05) is 60.0 Å². The van der Waals surface area contributed by atoms with Crippen molar-refractivity contribution in [3.05, 3.63) is 65.7 Å². The van der Waals surface area contributed by atoms with Gasteiger partial charge in [-0.05, 0) is 25.0 Å². The van der Waals surface area contributed by atoms with Gasteiger partial charge in [0.25, 0.3) is 5.91 Å². The molecular weight excluding hydrogens is 402 g/mol. The van der Waals surface area contributed by atoms with Gasteiger partial charge in [-0.25, -0.2) is 9.97 Å². The highest BCUT2D eigenvalue weighted by Gasteiger charge is 2.28. The van der Waals surface area contributed by atoms with E-state index >= 15 is 0 Å². The number of hydrogen-bond acceptors (Lipinski definition) is 6. The monoisotopic (exact) mass is 421 g/mol. The lowest BCUT2D eigenvalue weighted by Crippen LogP contribution is -2.37. The summed E-state index contributed by atoms with van der Waals surface area (Å²) in [6, 6.07) is 17.9. The highest BCUT2D eigenvalue weighted by Crippen LogP contribution is 2.31. The molecule has 0 spiro atoms. The van der Waals surface area contributed by atoms with E-state index in [2.05, 4.69) is 4.98 Å². The van der Waals surface area contributed by atoms with Crippen LogP contribution in [-0.2, 0) is 4.74 Å². The molecule has 0 bridgehead atoms. The van der Waals surface area contributed by atoms with Crippen molar-refractivity contribution in [2.24, 2.45) is 0 Å². The molecule has 146 valence electrons. The summed E-state index contributed by atoms with van der Waals surface area (Å²) in [6.07, 6.45) is 2.03. The van der Waals surface area contributed by atoms with Gasteiger partial charge < -0.3 is 4.74 Å². The Morgan fingerprint density at radius 1 is 1.10 bits per heavy atom. The maximum Gasteiger partial charge on any atom is 0.279 e. The Kier molecular flexibility index (Phi) is 5.10. The van der Waals surface area contributed by atoms with E-state index < -0.39 is 0 Å². The fourth-order valence-corrected chi connectivity index (χ4v) is 5.21. The minimum Gasteiger partial charge on any atom is -0.376 e. The largest absolute Gasteiger partial charge is 0.376 e. The van der Waals surface area contributed by atoms with Gasteiger partial charge in [-0.3, -0.25) is 9.69 Å². The lowest BCUT2D eigenvalue weighted by atomic mass is 10.2. The summed E-state index contributed by atoms with van der Waals surface area (Å²) in [4.78, 5) is 24.5. The third-order valence-electron chi connectivity index (χ3n) is 4.91. The van der Waals surface area contributed by atoms with E-state index in [1.165, 1.54) is 22.7 Å². The summed E-state index contributed by atoms with van der Waals surface area (Å²) in [6.45, 7) is 1.25. The van der Waals surface area contributed by atoms with Crippen LogP contribution in [0.3, 0.4) is 0 Å². The Bertz CT molecular complexity index is 1100. The van der Waals surface area contributed by atoms with Gasteiger partial charge in [0.05, 0.1) is 22.9 Å². The molecular formula is C22H19N3O2S2. The average molecular weight is 422 g/mol. The van der Waals surface area contributed by atoms with Gasteiger partial charge in [0.2, 0.25) is 0 Å². The molecule has 4 aromatic rings. The molecule has 5 rings (SSSR count). The van der Waals surface area contributed by atoms with Gasteiger partial charge in [-0.15, -0.1) is 11.3 Å². The van der Waals surface area contributed by atoms with Gasteiger partial charge in [0.1, 0.15) is 10.7 Å². The molecule has 29 heavy (non-hydrogen) atoms. The molecule has 1 aliphatic rings. The highest BCUT2D eigenvalue weighted by molar-refractivity contribution is 7.22. The van der Waals surface area contributed by atoms with Crippen LogP contribution in [-0.4, -0.2) is 35.1 Å². The van der Waals surface area contributed by atoms with Crippen LogP contribution in [0.2, 0.25) is 0 Å². The number of amides is 1. The lowest BCUT2D eigenvalue weighted by Gasteiger charge is -2.22. The van der Waals surface area contributed by atoms with Crippen molar-refractivity contribution < 1.29 is 9.53 Å². The molecule has 1 saturated heterocycles. The topological polar surface area (TPSA) is 55.3 Å². The second kappa shape index (κ2) is 8.02. The van der Waals surface area contributed by atoms with Crippen molar-refractivity contribution in [1.82, 2.24) is 9.97 Å². The third kappa shape index (κ3) is 3.81. The average Bonchev–Trinajstić information content (AvgIpc) is 3.52. The van der Waals surface area contributed by atoms with Crippen molar-refractivity contribution in [2.45, 2.75) is 18.9 Å². The SMILES string of the molecule is O=C(c1csc(-c2ccccc2)n1)N(CC1CCCO1)c1nc2ccccc2s1. The minimum atomic E-state index is -0.127. The number of carbonyl (C=O) groups is 1. The summed E-state index contributed by atoms with van der Waals surface area (Å²) < 4.78 is 6.87.